The number of para-hydroxylation sites is 1. The van der Waals surface area contributed by atoms with Gasteiger partial charge in [0.2, 0.25) is 0 Å². The minimum atomic E-state index is -0.979. The second kappa shape index (κ2) is 8.31. The number of ether oxygens (including phenoxy) is 1. The SMILES string of the molecule is COc1ccccc1[C@H](C)NC(=O)NC[C@@H](O)c1cccc(F)c1. The number of halogens is 1. The van der Waals surface area contributed by atoms with E-state index in [1.807, 2.05) is 31.2 Å². The van der Waals surface area contributed by atoms with Gasteiger partial charge in [0.25, 0.3) is 0 Å². The quantitative estimate of drug-likeness (QED) is 0.762. The number of hydrogen-bond acceptors (Lipinski definition) is 3. The van der Waals surface area contributed by atoms with E-state index >= 15 is 0 Å². The van der Waals surface area contributed by atoms with Crippen LogP contribution in [0.4, 0.5) is 9.18 Å². The summed E-state index contributed by atoms with van der Waals surface area (Å²) in [6.07, 6.45) is -0.979. The Morgan fingerprint density at radius 2 is 2.00 bits per heavy atom. The third kappa shape index (κ3) is 4.70. The maximum atomic E-state index is 13.1. The first-order valence-electron chi connectivity index (χ1n) is 7.62. The molecule has 0 unspecified atom stereocenters. The van der Waals surface area contributed by atoms with E-state index in [4.69, 9.17) is 4.74 Å². The molecule has 2 atom stereocenters. The molecule has 128 valence electrons. The predicted molar refractivity (Wildman–Crippen MR) is 89.3 cm³/mol. The van der Waals surface area contributed by atoms with Crippen LogP contribution in [-0.2, 0) is 0 Å². The van der Waals surface area contributed by atoms with Crippen LogP contribution in [0.25, 0.3) is 0 Å². The van der Waals surface area contributed by atoms with Crippen LogP contribution in [0.3, 0.4) is 0 Å². The van der Waals surface area contributed by atoms with E-state index in [0.29, 0.717) is 11.3 Å². The van der Waals surface area contributed by atoms with Crippen LogP contribution in [0.5, 0.6) is 5.75 Å². The van der Waals surface area contributed by atoms with Crippen molar-refractivity contribution in [3.63, 3.8) is 0 Å². The number of rotatable bonds is 6. The van der Waals surface area contributed by atoms with Gasteiger partial charge in [0.1, 0.15) is 11.6 Å². The Morgan fingerprint density at radius 3 is 2.71 bits per heavy atom. The number of aliphatic hydroxyl groups is 1. The van der Waals surface area contributed by atoms with Gasteiger partial charge in [-0.3, -0.25) is 0 Å². The highest BCUT2D eigenvalue weighted by atomic mass is 19.1. The number of carbonyl (C=O) groups is 1. The van der Waals surface area contributed by atoms with E-state index in [1.165, 1.54) is 18.2 Å². The third-order valence-electron chi connectivity index (χ3n) is 3.64. The van der Waals surface area contributed by atoms with Gasteiger partial charge < -0.3 is 20.5 Å². The van der Waals surface area contributed by atoms with Crippen molar-refractivity contribution in [3.8, 4) is 5.75 Å². The fourth-order valence-electron chi connectivity index (χ4n) is 2.37. The first-order valence-corrected chi connectivity index (χ1v) is 7.62. The summed E-state index contributed by atoms with van der Waals surface area (Å²) < 4.78 is 18.4. The Bertz CT molecular complexity index is 693. The molecular weight excluding hydrogens is 311 g/mol. The molecular formula is C18H21FN2O3. The molecule has 2 rings (SSSR count). The topological polar surface area (TPSA) is 70.6 Å². The van der Waals surface area contributed by atoms with Crippen LogP contribution in [0.1, 0.15) is 30.2 Å². The van der Waals surface area contributed by atoms with Crippen molar-refractivity contribution >= 4 is 6.03 Å². The molecule has 0 spiro atoms. The number of nitrogens with one attached hydrogen (secondary N) is 2. The molecule has 2 aromatic rings. The number of methoxy groups -OCH3 is 1. The highest BCUT2D eigenvalue weighted by molar-refractivity contribution is 5.74. The fraction of sp³-hybridized carbons (Fsp3) is 0.278. The van der Waals surface area contributed by atoms with Gasteiger partial charge in [0.15, 0.2) is 0 Å². The van der Waals surface area contributed by atoms with E-state index in [9.17, 15) is 14.3 Å². The van der Waals surface area contributed by atoms with Gasteiger partial charge in [-0.25, -0.2) is 9.18 Å². The molecule has 24 heavy (non-hydrogen) atoms. The molecule has 0 fully saturated rings. The first kappa shape index (κ1) is 17.7. The average molecular weight is 332 g/mol. The monoisotopic (exact) mass is 332 g/mol. The minimum absolute atomic E-state index is 0.0199. The zero-order valence-electron chi connectivity index (χ0n) is 13.6. The van der Waals surface area contributed by atoms with Crippen molar-refractivity contribution in [3.05, 3.63) is 65.5 Å². The van der Waals surface area contributed by atoms with Gasteiger partial charge in [0.05, 0.1) is 19.3 Å². The molecule has 0 aliphatic heterocycles. The summed E-state index contributed by atoms with van der Waals surface area (Å²) >= 11 is 0. The zero-order chi connectivity index (χ0) is 17.5. The van der Waals surface area contributed by atoms with Crippen molar-refractivity contribution in [1.29, 1.82) is 0 Å². The Balaban J connectivity index is 1.89. The lowest BCUT2D eigenvalue weighted by molar-refractivity contribution is 0.172. The second-order valence-corrected chi connectivity index (χ2v) is 5.39. The number of carbonyl (C=O) groups excluding carboxylic acids is 1. The van der Waals surface area contributed by atoms with Crippen LogP contribution in [0, 0.1) is 5.82 Å². The van der Waals surface area contributed by atoms with Crippen molar-refractivity contribution in [2.24, 2.45) is 0 Å². The molecule has 0 aliphatic carbocycles. The number of urea groups is 1. The van der Waals surface area contributed by atoms with Crippen molar-refractivity contribution in [1.82, 2.24) is 10.6 Å². The molecule has 3 N–H and O–H groups in total. The second-order valence-electron chi connectivity index (χ2n) is 5.39. The highest BCUT2D eigenvalue weighted by Gasteiger charge is 2.15. The van der Waals surface area contributed by atoms with Crippen molar-refractivity contribution in [2.45, 2.75) is 19.1 Å². The largest absolute Gasteiger partial charge is 0.496 e. The summed E-state index contributed by atoms with van der Waals surface area (Å²) in [7, 11) is 1.57. The van der Waals surface area contributed by atoms with Gasteiger partial charge in [-0.2, -0.15) is 0 Å². The Morgan fingerprint density at radius 1 is 1.25 bits per heavy atom. The summed E-state index contributed by atoms with van der Waals surface area (Å²) in [6, 6.07) is 12.3. The third-order valence-corrected chi connectivity index (χ3v) is 3.64. The highest BCUT2D eigenvalue weighted by Crippen LogP contribution is 2.24. The van der Waals surface area contributed by atoms with Crippen molar-refractivity contribution < 1.29 is 19.0 Å². The van der Waals surface area contributed by atoms with Gasteiger partial charge in [-0.05, 0) is 30.7 Å². The van der Waals surface area contributed by atoms with Crippen molar-refractivity contribution in [2.75, 3.05) is 13.7 Å². The van der Waals surface area contributed by atoms with Gasteiger partial charge in [-0.1, -0.05) is 30.3 Å². The number of amides is 2. The smallest absolute Gasteiger partial charge is 0.315 e. The zero-order valence-corrected chi connectivity index (χ0v) is 13.6. The molecule has 0 radical (unpaired) electrons. The molecule has 0 saturated carbocycles. The van der Waals surface area contributed by atoms with Gasteiger partial charge >= 0.3 is 6.03 Å². The predicted octanol–water partition coefficient (Wildman–Crippen LogP) is 2.93. The van der Waals surface area contributed by atoms with Gasteiger partial charge in [-0.15, -0.1) is 0 Å². The van der Waals surface area contributed by atoms with Crippen LogP contribution in [0.2, 0.25) is 0 Å². The molecule has 0 heterocycles. The lowest BCUT2D eigenvalue weighted by Gasteiger charge is -2.18. The molecule has 6 heteroatoms. The lowest BCUT2D eigenvalue weighted by atomic mass is 10.1. The summed E-state index contributed by atoms with van der Waals surface area (Å²) in [5, 5.41) is 15.3. The molecule has 0 aliphatic rings. The van der Waals surface area contributed by atoms with E-state index in [1.54, 1.807) is 13.2 Å². The summed E-state index contributed by atoms with van der Waals surface area (Å²) in [5.41, 5.74) is 1.26. The molecule has 0 bridgehead atoms. The standard InChI is InChI=1S/C18H21FN2O3/c1-12(15-8-3-4-9-17(15)24-2)21-18(23)20-11-16(22)13-6-5-7-14(19)10-13/h3-10,12,16,22H,11H2,1-2H3,(H2,20,21,23)/t12-,16+/m0/s1. The minimum Gasteiger partial charge on any atom is -0.496 e. The Kier molecular flexibility index (Phi) is 6.14. The number of hydrogen-bond donors (Lipinski definition) is 3. The number of aliphatic hydroxyl groups excluding tert-OH is 1. The van der Waals surface area contributed by atoms with Crippen LogP contribution in [-0.4, -0.2) is 24.8 Å². The van der Waals surface area contributed by atoms with Crippen LogP contribution < -0.4 is 15.4 Å². The van der Waals surface area contributed by atoms with E-state index in [2.05, 4.69) is 10.6 Å². The van der Waals surface area contributed by atoms with Crippen LogP contribution in [0.15, 0.2) is 48.5 Å². The maximum Gasteiger partial charge on any atom is 0.315 e. The molecule has 0 saturated heterocycles. The molecule has 2 amide bonds. The first-order chi connectivity index (χ1) is 11.5. The van der Waals surface area contributed by atoms with E-state index in [-0.39, 0.29) is 12.6 Å². The molecule has 5 nitrogen and oxygen atoms in total. The van der Waals surface area contributed by atoms with E-state index < -0.39 is 18.0 Å². The van der Waals surface area contributed by atoms with Crippen LogP contribution >= 0.6 is 0 Å². The fourth-order valence-corrected chi connectivity index (χ4v) is 2.37. The summed E-state index contributed by atoms with van der Waals surface area (Å²) in [4.78, 5) is 12.0. The maximum absolute atomic E-state index is 13.1. The Hall–Kier alpha value is -2.60. The summed E-state index contributed by atoms with van der Waals surface area (Å²) in [6.45, 7) is 1.81. The Labute approximate surface area is 140 Å². The summed E-state index contributed by atoms with van der Waals surface area (Å²) in [5.74, 6) is 0.255. The van der Waals surface area contributed by atoms with E-state index in [0.717, 1.165) is 5.56 Å². The lowest BCUT2D eigenvalue weighted by Crippen LogP contribution is -2.39. The average Bonchev–Trinajstić information content (AvgIpc) is 2.59. The molecule has 0 aromatic heterocycles. The number of benzene rings is 2. The van der Waals surface area contributed by atoms with Gasteiger partial charge in [0, 0.05) is 12.1 Å². The normalized spacial score (nSPS) is 13.0. The molecule has 2 aromatic carbocycles.